The fourth-order valence-electron chi connectivity index (χ4n) is 4.25. The van der Waals surface area contributed by atoms with Crippen molar-refractivity contribution in [3.05, 3.63) is 42.5 Å². The van der Waals surface area contributed by atoms with Crippen molar-refractivity contribution in [1.29, 1.82) is 0 Å². The van der Waals surface area contributed by atoms with Crippen molar-refractivity contribution in [3.63, 3.8) is 0 Å². The molecular formula is C22H29N3O2. The van der Waals surface area contributed by atoms with Gasteiger partial charge >= 0.3 is 6.03 Å². The number of rotatable bonds is 4. The summed E-state index contributed by atoms with van der Waals surface area (Å²) in [6.07, 6.45) is 4.46. The molecule has 2 amide bonds. The third kappa shape index (κ3) is 4.42. The summed E-state index contributed by atoms with van der Waals surface area (Å²) < 4.78 is 5.44. The standard InChI is InChI=1S/C22H29N3O2/c26-22(23-21-10-5-7-18-6-1-2-9-20(18)21)25-12-4-3-8-19(25)11-13-24-14-16-27-17-15-24/h1-2,5-7,9-10,19H,3-4,8,11-17H2,(H,23,26). The summed E-state index contributed by atoms with van der Waals surface area (Å²) in [6, 6.07) is 14.6. The van der Waals surface area contributed by atoms with E-state index in [4.69, 9.17) is 4.74 Å². The minimum Gasteiger partial charge on any atom is -0.379 e. The van der Waals surface area contributed by atoms with E-state index in [0.717, 1.165) is 75.1 Å². The monoisotopic (exact) mass is 367 g/mol. The number of carbonyl (C=O) groups is 1. The number of morpholine rings is 1. The van der Waals surface area contributed by atoms with E-state index in [9.17, 15) is 4.79 Å². The summed E-state index contributed by atoms with van der Waals surface area (Å²) in [5.41, 5.74) is 0.899. The van der Waals surface area contributed by atoms with Crippen molar-refractivity contribution < 1.29 is 9.53 Å². The number of hydrogen-bond donors (Lipinski definition) is 1. The van der Waals surface area contributed by atoms with E-state index in [1.54, 1.807) is 0 Å². The molecule has 2 aliphatic rings. The Bertz CT molecular complexity index is 768. The Balaban J connectivity index is 1.42. The molecule has 0 aromatic heterocycles. The maximum Gasteiger partial charge on any atom is 0.322 e. The number of piperidine rings is 1. The minimum atomic E-state index is 0.0398. The Morgan fingerprint density at radius 2 is 1.85 bits per heavy atom. The topological polar surface area (TPSA) is 44.8 Å². The van der Waals surface area contributed by atoms with Crippen LogP contribution in [0.5, 0.6) is 0 Å². The molecule has 4 rings (SSSR count). The molecule has 1 N–H and O–H groups in total. The van der Waals surface area contributed by atoms with Gasteiger partial charge in [0.25, 0.3) is 0 Å². The van der Waals surface area contributed by atoms with Gasteiger partial charge in [0.1, 0.15) is 0 Å². The number of benzene rings is 2. The van der Waals surface area contributed by atoms with E-state index in [-0.39, 0.29) is 6.03 Å². The van der Waals surface area contributed by atoms with Gasteiger partial charge in [0.2, 0.25) is 0 Å². The van der Waals surface area contributed by atoms with Crippen molar-refractivity contribution >= 4 is 22.5 Å². The zero-order valence-corrected chi connectivity index (χ0v) is 15.9. The maximum atomic E-state index is 13.1. The van der Waals surface area contributed by atoms with Crippen LogP contribution in [0.15, 0.2) is 42.5 Å². The number of urea groups is 1. The van der Waals surface area contributed by atoms with Crippen molar-refractivity contribution in [2.45, 2.75) is 31.7 Å². The molecule has 0 radical (unpaired) electrons. The molecular weight excluding hydrogens is 338 g/mol. The third-order valence-electron chi connectivity index (χ3n) is 5.80. The molecule has 5 heteroatoms. The lowest BCUT2D eigenvalue weighted by Gasteiger charge is -2.37. The highest BCUT2D eigenvalue weighted by Gasteiger charge is 2.27. The van der Waals surface area contributed by atoms with Crippen LogP contribution in [0.4, 0.5) is 10.5 Å². The molecule has 2 aliphatic heterocycles. The molecule has 144 valence electrons. The zero-order chi connectivity index (χ0) is 18.5. The van der Waals surface area contributed by atoms with Crippen LogP contribution in [0.25, 0.3) is 10.8 Å². The van der Waals surface area contributed by atoms with Gasteiger partial charge in [0.15, 0.2) is 0 Å². The average Bonchev–Trinajstić information content (AvgIpc) is 2.73. The first-order valence-electron chi connectivity index (χ1n) is 10.2. The average molecular weight is 367 g/mol. The van der Waals surface area contributed by atoms with E-state index in [1.807, 2.05) is 24.3 Å². The van der Waals surface area contributed by atoms with Gasteiger partial charge in [-0.3, -0.25) is 4.90 Å². The van der Waals surface area contributed by atoms with Crippen LogP contribution < -0.4 is 5.32 Å². The highest BCUT2D eigenvalue weighted by atomic mass is 16.5. The lowest BCUT2D eigenvalue weighted by Crippen LogP contribution is -2.48. The van der Waals surface area contributed by atoms with Crippen LogP contribution in [0.3, 0.4) is 0 Å². The normalized spacial score (nSPS) is 21.3. The summed E-state index contributed by atoms with van der Waals surface area (Å²) in [7, 11) is 0. The highest BCUT2D eigenvalue weighted by Crippen LogP contribution is 2.25. The van der Waals surface area contributed by atoms with E-state index in [0.29, 0.717) is 6.04 Å². The van der Waals surface area contributed by atoms with Crippen molar-refractivity contribution in [1.82, 2.24) is 9.80 Å². The Morgan fingerprint density at radius 1 is 1.04 bits per heavy atom. The number of amides is 2. The molecule has 0 aliphatic carbocycles. The molecule has 2 heterocycles. The van der Waals surface area contributed by atoms with Crippen molar-refractivity contribution in [3.8, 4) is 0 Å². The SMILES string of the molecule is O=C(Nc1cccc2ccccc12)N1CCCCC1CCN1CCOCC1. The van der Waals surface area contributed by atoms with Crippen LogP contribution in [-0.2, 0) is 4.74 Å². The molecule has 27 heavy (non-hydrogen) atoms. The van der Waals surface area contributed by atoms with Crippen LogP contribution in [0, 0.1) is 0 Å². The number of nitrogens with zero attached hydrogens (tertiary/aromatic N) is 2. The van der Waals surface area contributed by atoms with Crippen LogP contribution >= 0.6 is 0 Å². The molecule has 2 fully saturated rings. The van der Waals surface area contributed by atoms with Gasteiger partial charge in [-0.1, -0.05) is 36.4 Å². The minimum absolute atomic E-state index is 0.0398. The summed E-state index contributed by atoms with van der Waals surface area (Å²) in [4.78, 5) is 17.6. The molecule has 2 saturated heterocycles. The van der Waals surface area contributed by atoms with Gasteiger partial charge in [0, 0.05) is 37.6 Å². The zero-order valence-electron chi connectivity index (χ0n) is 15.9. The predicted molar refractivity (Wildman–Crippen MR) is 109 cm³/mol. The number of anilines is 1. The maximum absolute atomic E-state index is 13.1. The second-order valence-corrected chi connectivity index (χ2v) is 7.54. The van der Waals surface area contributed by atoms with E-state index in [1.165, 1.54) is 6.42 Å². The Hall–Kier alpha value is -2.11. The summed E-state index contributed by atoms with van der Waals surface area (Å²) >= 11 is 0. The number of hydrogen-bond acceptors (Lipinski definition) is 3. The number of carbonyl (C=O) groups excluding carboxylic acids is 1. The molecule has 5 nitrogen and oxygen atoms in total. The molecule has 2 aromatic carbocycles. The summed E-state index contributed by atoms with van der Waals surface area (Å²) in [5, 5.41) is 5.42. The summed E-state index contributed by atoms with van der Waals surface area (Å²) in [5.74, 6) is 0. The van der Waals surface area contributed by atoms with E-state index < -0.39 is 0 Å². The number of fused-ring (bicyclic) bond motifs is 1. The first-order chi connectivity index (χ1) is 13.3. The first kappa shape index (κ1) is 18.3. The first-order valence-corrected chi connectivity index (χ1v) is 10.2. The number of ether oxygens (including phenoxy) is 1. The van der Waals surface area contributed by atoms with Gasteiger partial charge < -0.3 is 15.0 Å². The van der Waals surface area contributed by atoms with Gasteiger partial charge in [-0.25, -0.2) is 4.79 Å². The quantitative estimate of drug-likeness (QED) is 0.890. The van der Waals surface area contributed by atoms with Crippen LogP contribution in [0.2, 0.25) is 0 Å². The van der Waals surface area contributed by atoms with Gasteiger partial charge in [-0.2, -0.15) is 0 Å². The number of nitrogens with one attached hydrogen (secondary N) is 1. The lowest BCUT2D eigenvalue weighted by molar-refractivity contribution is 0.0329. The second kappa shape index (κ2) is 8.72. The Labute approximate surface area is 161 Å². The largest absolute Gasteiger partial charge is 0.379 e. The van der Waals surface area contributed by atoms with Gasteiger partial charge in [0.05, 0.1) is 18.9 Å². The number of likely N-dealkylation sites (tertiary alicyclic amines) is 1. The van der Waals surface area contributed by atoms with Crippen molar-refractivity contribution in [2.75, 3.05) is 44.7 Å². The molecule has 2 aromatic rings. The van der Waals surface area contributed by atoms with E-state index in [2.05, 4.69) is 33.3 Å². The molecule has 0 spiro atoms. The fraction of sp³-hybridized carbons (Fsp3) is 0.500. The van der Waals surface area contributed by atoms with Crippen LogP contribution in [0.1, 0.15) is 25.7 Å². The van der Waals surface area contributed by atoms with Crippen LogP contribution in [-0.4, -0.2) is 61.3 Å². The van der Waals surface area contributed by atoms with Gasteiger partial charge in [-0.15, -0.1) is 0 Å². The lowest BCUT2D eigenvalue weighted by atomic mass is 9.99. The third-order valence-corrected chi connectivity index (χ3v) is 5.80. The molecule has 0 saturated carbocycles. The predicted octanol–water partition coefficient (Wildman–Crippen LogP) is 3.95. The second-order valence-electron chi connectivity index (χ2n) is 7.54. The highest BCUT2D eigenvalue weighted by molar-refractivity contribution is 6.01. The van der Waals surface area contributed by atoms with E-state index >= 15 is 0 Å². The molecule has 1 atom stereocenters. The Kier molecular flexibility index (Phi) is 5.90. The fourth-order valence-corrected chi connectivity index (χ4v) is 4.25. The summed E-state index contributed by atoms with van der Waals surface area (Å²) in [6.45, 7) is 5.58. The Morgan fingerprint density at radius 3 is 2.74 bits per heavy atom. The molecule has 1 unspecified atom stereocenters. The smallest absolute Gasteiger partial charge is 0.322 e. The van der Waals surface area contributed by atoms with Gasteiger partial charge in [-0.05, 0) is 37.1 Å². The van der Waals surface area contributed by atoms with Crippen molar-refractivity contribution in [2.24, 2.45) is 0 Å². The molecule has 0 bridgehead atoms.